The highest BCUT2D eigenvalue weighted by Gasteiger charge is 2.14. The van der Waals surface area contributed by atoms with Crippen molar-refractivity contribution in [3.63, 3.8) is 0 Å². The SMILES string of the molecule is O=S(=O)(N=S1CCNCC1)c1ccccc1. The fraction of sp³-hybridized carbons (Fsp3) is 0.400. The van der Waals surface area contributed by atoms with Crippen molar-refractivity contribution in [3.05, 3.63) is 30.3 Å². The molecule has 1 aliphatic rings. The lowest BCUT2D eigenvalue weighted by Gasteiger charge is -2.14. The Morgan fingerprint density at radius 3 is 2.38 bits per heavy atom. The molecule has 16 heavy (non-hydrogen) atoms. The number of rotatable bonds is 2. The summed E-state index contributed by atoms with van der Waals surface area (Å²) in [6.07, 6.45) is 0. The first-order chi connectivity index (χ1) is 7.68. The van der Waals surface area contributed by atoms with E-state index in [4.69, 9.17) is 0 Å². The Balaban J connectivity index is 2.26. The minimum absolute atomic E-state index is 0.293. The molecule has 0 radical (unpaired) electrons. The third-order valence-corrected chi connectivity index (χ3v) is 6.12. The molecule has 1 saturated heterocycles. The smallest absolute Gasteiger partial charge is 0.287 e. The van der Waals surface area contributed by atoms with Crippen molar-refractivity contribution >= 4 is 20.7 Å². The number of sulfonamides is 1. The minimum Gasteiger partial charge on any atom is -0.315 e. The van der Waals surface area contributed by atoms with E-state index in [1.165, 1.54) is 0 Å². The molecule has 0 aliphatic carbocycles. The van der Waals surface area contributed by atoms with Gasteiger partial charge in [-0.2, -0.15) is 8.42 Å². The summed E-state index contributed by atoms with van der Waals surface area (Å²) in [5, 5.41) is 3.19. The molecule has 0 saturated carbocycles. The van der Waals surface area contributed by atoms with Gasteiger partial charge in [0.25, 0.3) is 10.0 Å². The molecule has 0 amide bonds. The molecular formula is C10H14N2O2S2. The molecular weight excluding hydrogens is 244 g/mol. The van der Waals surface area contributed by atoms with Crippen LogP contribution in [0.25, 0.3) is 0 Å². The Hall–Kier alpha value is -0.720. The lowest BCUT2D eigenvalue weighted by molar-refractivity contribution is 0.598. The third kappa shape index (κ3) is 2.90. The van der Waals surface area contributed by atoms with E-state index in [-0.39, 0.29) is 10.7 Å². The Morgan fingerprint density at radius 2 is 1.75 bits per heavy atom. The van der Waals surface area contributed by atoms with Crippen LogP contribution in [0.2, 0.25) is 0 Å². The van der Waals surface area contributed by atoms with Gasteiger partial charge in [-0.1, -0.05) is 28.9 Å². The number of hydrogen-bond acceptors (Lipinski definition) is 3. The van der Waals surface area contributed by atoms with Crippen LogP contribution in [0.15, 0.2) is 39.0 Å². The summed E-state index contributed by atoms with van der Waals surface area (Å²) < 4.78 is 27.8. The van der Waals surface area contributed by atoms with Crippen molar-refractivity contribution in [1.29, 1.82) is 0 Å². The Labute approximate surface area is 98.2 Å². The maximum atomic E-state index is 11.9. The second kappa shape index (κ2) is 5.07. The van der Waals surface area contributed by atoms with Crippen molar-refractivity contribution in [2.75, 3.05) is 24.6 Å². The topological polar surface area (TPSA) is 58.5 Å². The van der Waals surface area contributed by atoms with Crippen LogP contribution in [0.5, 0.6) is 0 Å². The molecule has 0 aromatic heterocycles. The maximum Gasteiger partial charge on any atom is 0.287 e. The van der Waals surface area contributed by atoms with Crippen LogP contribution in [0, 0.1) is 0 Å². The van der Waals surface area contributed by atoms with Gasteiger partial charge < -0.3 is 5.32 Å². The van der Waals surface area contributed by atoms with Gasteiger partial charge in [-0.05, 0) is 12.1 Å². The van der Waals surface area contributed by atoms with Gasteiger partial charge >= 0.3 is 0 Å². The fourth-order valence-electron chi connectivity index (χ4n) is 1.46. The average Bonchev–Trinajstić information content (AvgIpc) is 2.31. The van der Waals surface area contributed by atoms with Gasteiger partial charge in [-0.3, -0.25) is 0 Å². The fourth-order valence-corrected chi connectivity index (χ4v) is 4.97. The van der Waals surface area contributed by atoms with Crippen LogP contribution in [-0.2, 0) is 20.7 Å². The monoisotopic (exact) mass is 258 g/mol. The molecule has 6 heteroatoms. The number of hydrogen-bond donors (Lipinski definition) is 1. The second-order valence-electron chi connectivity index (χ2n) is 3.48. The van der Waals surface area contributed by atoms with Gasteiger partial charge in [0.05, 0.1) is 4.90 Å². The first-order valence-corrected chi connectivity index (χ1v) is 8.06. The van der Waals surface area contributed by atoms with Crippen molar-refractivity contribution in [2.45, 2.75) is 4.90 Å². The van der Waals surface area contributed by atoms with E-state index in [1.807, 2.05) is 0 Å². The third-order valence-electron chi connectivity index (χ3n) is 2.27. The van der Waals surface area contributed by atoms with Crippen LogP contribution in [0.3, 0.4) is 0 Å². The molecule has 1 aromatic carbocycles. The van der Waals surface area contributed by atoms with Crippen molar-refractivity contribution < 1.29 is 8.42 Å². The highest BCUT2D eigenvalue weighted by molar-refractivity contribution is 8.00. The van der Waals surface area contributed by atoms with Gasteiger partial charge in [-0.15, -0.1) is 3.77 Å². The molecule has 0 bridgehead atoms. The Morgan fingerprint density at radius 1 is 1.12 bits per heavy atom. The van der Waals surface area contributed by atoms with Crippen LogP contribution < -0.4 is 5.32 Å². The predicted molar refractivity (Wildman–Crippen MR) is 66.0 cm³/mol. The van der Waals surface area contributed by atoms with E-state index in [0.717, 1.165) is 24.6 Å². The standard InChI is InChI=1S/C10H14N2O2S2/c13-16(14,10-4-2-1-3-5-10)12-15-8-6-11-7-9-15/h1-5,11H,6-9H2. The normalized spacial score (nSPS) is 18.2. The van der Waals surface area contributed by atoms with Gasteiger partial charge in [0.2, 0.25) is 0 Å². The van der Waals surface area contributed by atoms with E-state index in [0.29, 0.717) is 4.90 Å². The van der Waals surface area contributed by atoms with Gasteiger partial charge in [0.15, 0.2) is 0 Å². The zero-order valence-corrected chi connectivity index (χ0v) is 10.4. The van der Waals surface area contributed by atoms with Crippen molar-refractivity contribution in [3.8, 4) is 0 Å². The summed E-state index contributed by atoms with van der Waals surface area (Å²) in [5.41, 5.74) is 0. The summed E-state index contributed by atoms with van der Waals surface area (Å²) in [6.45, 7) is 1.72. The van der Waals surface area contributed by atoms with Crippen LogP contribution in [0.1, 0.15) is 0 Å². The number of benzene rings is 1. The van der Waals surface area contributed by atoms with Gasteiger partial charge in [0, 0.05) is 24.6 Å². The summed E-state index contributed by atoms with van der Waals surface area (Å²) in [4.78, 5) is 0.293. The number of nitrogens with one attached hydrogen (secondary N) is 1. The molecule has 2 rings (SSSR count). The molecule has 1 N–H and O–H groups in total. The molecule has 1 fully saturated rings. The zero-order chi connectivity index (χ0) is 11.4. The van der Waals surface area contributed by atoms with Gasteiger partial charge in [0.1, 0.15) is 0 Å². The maximum absolute atomic E-state index is 11.9. The molecule has 88 valence electrons. The molecule has 0 unspecified atom stereocenters. The molecule has 1 heterocycles. The van der Waals surface area contributed by atoms with Crippen LogP contribution in [0.4, 0.5) is 0 Å². The van der Waals surface area contributed by atoms with E-state index in [2.05, 4.69) is 9.08 Å². The average molecular weight is 258 g/mol. The molecule has 0 spiro atoms. The summed E-state index contributed by atoms with van der Waals surface area (Å²) in [6, 6.07) is 8.41. The lowest BCUT2D eigenvalue weighted by Crippen LogP contribution is -2.32. The minimum atomic E-state index is -3.45. The van der Waals surface area contributed by atoms with Crippen LogP contribution >= 0.6 is 0 Å². The van der Waals surface area contributed by atoms with E-state index < -0.39 is 10.0 Å². The second-order valence-corrected chi connectivity index (χ2v) is 7.24. The summed E-state index contributed by atoms with van der Waals surface area (Å²) >= 11 is 0. The van der Waals surface area contributed by atoms with Gasteiger partial charge in [-0.25, -0.2) is 0 Å². The first-order valence-electron chi connectivity index (χ1n) is 5.10. The van der Waals surface area contributed by atoms with E-state index >= 15 is 0 Å². The summed E-state index contributed by atoms with van der Waals surface area (Å²) in [7, 11) is -3.79. The lowest BCUT2D eigenvalue weighted by atomic mass is 10.4. The quantitative estimate of drug-likeness (QED) is 0.853. The van der Waals surface area contributed by atoms with Crippen LogP contribution in [-0.4, -0.2) is 33.0 Å². The number of nitrogens with zero attached hydrogens (tertiary/aromatic N) is 1. The van der Waals surface area contributed by atoms with E-state index in [9.17, 15) is 8.42 Å². The molecule has 4 nitrogen and oxygen atoms in total. The molecule has 0 atom stereocenters. The Kier molecular flexibility index (Phi) is 3.73. The largest absolute Gasteiger partial charge is 0.315 e. The zero-order valence-electron chi connectivity index (χ0n) is 8.80. The molecule has 1 aliphatic heterocycles. The summed E-state index contributed by atoms with van der Waals surface area (Å²) in [5.74, 6) is 1.65. The first kappa shape index (κ1) is 11.8. The Bertz CT molecular complexity index is 475. The highest BCUT2D eigenvalue weighted by Crippen LogP contribution is 2.13. The van der Waals surface area contributed by atoms with Crippen molar-refractivity contribution in [1.82, 2.24) is 5.32 Å². The molecule has 1 aromatic rings. The van der Waals surface area contributed by atoms with E-state index in [1.54, 1.807) is 30.3 Å². The van der Waals surface area contributed by atoms with Crippen molar-refractivity contribution in [2.24, 2.45) is 3.77 Å². The predicted octanol–water partition coefficient (Wildman–Crippen LogP) is 0.780. The highest BCUT2D eigenvalue weighted by atomic mass is 32.3.